The fraction of sp³-hybridized carbons (Fsp3) is 0.167. The highest BCUT2D eigenvalue weighted by atomic mass is 16.2. The number of anilines is 2. The molecule has 0 fully saturated rings. The van der Waals surface area contributed by atoms with E-state index in [4.69, 9.17) is 4.98 Å². The second kappa shape index (κ2) is 8.73. The maximum Gasteiger partial charge on any atom is 0.171 e. The average molecular weight is 451 g/mol. The van der Waals surface area contributed by atoms with Gasteiger partial charge in [0.25, 0.3) is 0 Å². The molecule has 34 heavy (non-hydrogen) atoms. The summed E-state index contributed by atoms with van der Waals surface area (Å²) in [5, 5.41) is 37.5. The smallest absolute Gasteiger partial charge is 0.171 e. The van der Waals surface area contributed by atoms with Gasteiger partial charge in [-0.25, -0.2) is 9.97 Å². The van der Waals surface area contributed by atoms with Crippen LogP contribution in [0.1, 0.15) is 22.6 Å². The lowest BCUT2D eigenvalue weighted by molar-refractivity contribution is 0.299. The van der Waals surface area contributed by atoms with Gasteiger partial charge in [0.1, 0.15) is 18.2 Å². The molecule has 0 radical (unpaired) electrons. The standard InChI is InChI=1S/C24H21N9O/c1-14-3-7-21(32-29-14)27-17-5-6-18-20(11-17)33(13-26-18)22-8-4-16(9-10-34)24(28-22)23-15(2)30-31-19(23)12-25/h3-8,11,13,34H,9-10H2,1-2H3,(H,27,32)(H,30,31). The summed E-state index contributed by atoms with van der Waals surface area (Å²) in [7, 11) is 0. The van der Waals surface area contributed by atoms with Crippen molar-refractivity contribution in [3.63, 3.8) is 0 Å². The van der Waals surface area contributed by atoms with Crippen LogP contribution < -0.4 is 5.32 Å². The highest BCUT2D eigenvalue weighted by molar-refractivity contribution is 5.82. The van der Waals surface area contributed by atoms with E-state index in [1.165, 1.54) is 0 Å². The summed E-state index contributed by atoms with van der Waals surface area (Å²) in [6.45, 7) is 3.70. The van der Waals surface area contributed by atoms with E-state index in [0.29, 0.717) is 29.3 Å². The van der Waals surface area contributed by atoms with Crippen molar-refractivity contribution in [2.75, 3.05) is 11.9 Å². The topological polar surface area (TPSA) is 141 Å². The number of nitrogens with one attached hydrogen (secondary N) is 2. The third-order valence-corrected chi connectivity index (χ3v) is 5.50. The quantitative estimate of drug-likeness (QED) is 0.357. The summed E-state index contributed by atoms with van der Waals surface area (Å²) in [5.74, 6) is 1.28. The van der Waals surface area contributed by atoms with Crippen LogP contribution in [0, 0.1) is 25.2 Å². The number of nitrogens with zero attached hydrogens (tertiary/aromatic N) is 7. The number of aliphatic hydroxyl groups excluding tert-OH is 1. The van der Waals surface area contributed by atoms with Gasteiger partial charge in [-0.2, -0.15) is 15.5 Å². The van der Waals surface area contributed by atoms with Crippen molar-refractivity contribution in [2.45, 2.75) is 20.3 Å². The molecular formula is C24H21N9O. The molecule has 5 rings (SSSR count). The molecule has 4 heterocycles. The molecule has 0 spiro atoms. The summed E-state index contributed by atoms with van der Waals surface area (Å²) >= 11 is 0. The van der Waals surface area contributed by atoms with E-state index < -0.39 is 0 Å². The first-order valence-electron chi connectivity index (χ1n) is 10.7. The summed E-state index contributed by atoms with van der Waals surface area (Å²) in [5.41, 5.74) is 6.42. The molecule has 168 valence electrons. The first-order chi connectivity index (χ1) is 16.6. The minimum atomic E-state index is -0.0300. The van der Waals surface area contributed by atoms with Crippen LogP contribution in [0.2, 0.25) is 0 Å². The van der Waals surface area contributed by atoms with Gasteiger partial charge >= 0.3 is 0 Å². The van der Waals surface area contributed by atoms with Crippen LogP contribution in [0.15, 0.2) is 48.8 Å². The number of aromatic amines is 1. The van der Waals surface area contributed by atoms with Crippen molar-refractivity contribution in [3.05, 3.63) is 71.4 Å². The van der Waals surface area contributed by atoms with Gasteiger partial charge in [0.05, 0.1) is 28.0 Å². The van der Waals surface area contributed by atoms with E-state index in [9.17, 15) is 10.4 Å². The van der Waals surface area contributed by atoms with Crippen molar-refractivity contribution in [1.82, 2.24) is 34.9 Å². The van der Waals surface area contributed by atoms with E-state index in [1.54, 1.807) is 6.33 Å². The van der Waals surface area contributed by atoms with Crippen molar-refractivity contribution in [2.24, 2.45) is 0 Å². The maximum atomic E-state index is 9.55. The molecule has 0 atom stereocenters. The third kappa shape index (κ3) is 3.85. The van der Waals surface area contributed by atoms with Crippen molar-refractivity contribution in [1.29, 1.82) is 5.26 Å². The molecule has 0 saturated heterocycles. The predicted molar refractivity (Wildman–Crippen MR) is 127 cm³/mol. The Bertz CT molecular complexity index is 1530. The Morgan fingerprint density at radius 2 is 2.00 bits per heavy atom. The minimum absolute atomic E-state index is 0.0300. The van der Waals surface area contributed by atoms with Gasteiger partial charge in [-0.15, -0.1) is 5.10 Å². The molecular weight excluding hydrogens is 430 g/mol. The van der Waals surface area contributed by atoms with Crippen LogP contribution in [0.5, 0.6) is 0 Å². The number of hydrogen-bond donors (Lipinski definition) is 3. The van der Waals surface area contributed by atoms with Gasteiger partial charge in [0.15, 0.2) is 11.5 Å². The van der Waals surface area contributed by atoms with Crippen LogP contribution in [0.3, 0.4) is 0 Å². The summed E-state index contributed by atoms with van der Waals surface area (Å²) in [6.07, 6.45) is 2.12. The lowest BCUT2D eigenvalue weighted by Crippen LogP contribution is -2.03. The van der Waals surface area contributed by atoms with Crippen LogP contribution in [-0.4, -0.2) is 46.6 Å². The number of aryl methyl sites for hydroxylation is 2. The van der Waals surface area contributed by atoms with E-state index in [1.807, 2.05) is 60.9 Å². The first kappa shape index (κ1) is 21.2. The molecule has 4 aromatic heterocycles. The Kier molecular flexibility index (Phi) is 5.45. The molecule has 3 N–H and O–H groups in total. The number of hydrogen-bond acceptors (Lipinski definition) is 8. The number of aliphatic hydroxyl groups is 1. The normalized spacial score (nSPS) is 11.0. The Balaban J connectivity index is 1.60. The highest BCUT2D eigenvalue weighted by Crippen LogP contribution is 2.30. The third-order valence-electron chi connectivity index (χ3n) is 5.50. The van der Waals surface area contributed by atoms with Crippen molar-refractivity contribution >= 4 is 22.5 Å². The molecule has 0 aliphatic carbocycles. The lowest BCUT2D eigenvalue weighted by atomic mass is 10.0. The molecule has 0 amide bonds. The zero-order valence-corrected chi connectivity index (χ0v) is 18.6. The monoisotopic (exact) mass is 451 g/mol. The number of benzene rings is 1. The second-order valence-electron chi connectivity index (χ2n) is 7.84. The zero-order valence-electron chi connectivity index (χ0n) is 18.6. The number of fused-ring (bicyclic) bond motifs is 1. The predicted octanol–water partition coefficient (Wildman–Crippen LogP) is 3.37. The Hall–Kier alpha value is -4.62. The maximum absolute atomic E-state index is 9.55. The summed E-state index contributed by atoms with van der Waals surface area (Å²) < 4.78 is 1.88. The summed E-state index contributed by atoms with van der Waals surface area (Å²) in [6, 6.07) is 15.5. The SMILES string of the molecule is Cc1ccc(Nc2ccc3ncn(-c4ccc(CCO)c(-c5c(C#N)n[nH]c5C)n4)c3c2)nn1. The molecule has 0 aliphatic heterocycles. The highest BCUT2D eigenvalue weighted by Gasteiger charge is 2.19. The van der Waals surface area contributed by atoms with Gasteiger partial charge in [0.2, 0.25) is 0 Å². The number of pyridine rings is 1. The molecule has 1 aromatic carbocycles. The zero-order chi connectivity index (χ0) is 23.7. The Morgan fingerprint density at radius 3 is 2.76 bits per heavy atom. The van der Waals surface area contributed by atoms with Crippen LogP contribution in [0.25, 0.3) is 28.1 Å². The van der Waals surface area contributed by atoms with E-state index in [-0.39, 0.29) is 12.3 Å². The molecule has 0 bridgehead atoms. The number of imidazole rings is 1. The number of aromatic nitrogens is 7. The number of nitriles is 1. The van der Waals surface area contributed by atoms with E-state index in [2.05, 4.69) is 36.8 Å². The minimum Gasteiger partial charge on any atom is -0.396 e. The lowest BCUT2D eigenvalue weighted by Gasteiger charge is -2.12. The fourth-order valence-electron chi connectivity index (χ4n) is 3.83. The molecule has 10 heteroatoms. The summed E-state index contributed by atoms with van der Waals surface area (Å²) in [4.78, 5) is 9.39. The van der Waals surface area contributed by atoms with Crippen molar-refractivity contribution in [3.8, 4) is 23.1 Å². The number of H-pyrrole nitrogens is 1. The van der Waals surface area contributed by atoms with Crippen LogP contribution in [-0.2, 0) is 6.42 Å². The average Bonchev–Trinajstić information content (AvgIpc) is 3.44. The molecule has 0 saturated carbocycles. The van der Waals surface area contributed by atoms with Crippen LogP contribution >= 0.6 is 0 Å². The first-order valence-corrected chi connectivity index (χ1v) is 10.7. The Morgan fingerprint density at radius 1 is 1.12 bits per heavy atom. The fourth-order valence-corrected chi connectivity index (χ4v) is 3.83. The van der Waals surface area contributed by atoms with Gasteiger partial charge in [-0.1, -0.05) is 6.07 Å². The molecule has 0 unspecified atom stereocenters. The van der Waals surface area contributed by atoms with Gasteiger partial charge in [-0.3, -0.25) is 9.67 Å². The Labute approximate surface area is 195 Å². The van der Waals surface area contributed by atoms with Gasteiger partial charge < -0.3 is 10.4 Å². The van der Waals surface area contributed by atoms with E-state index in [0.717, 1.165) is 33.7 Å². The molecule has 10 nitrogen and oxygen atoms in total. The van der Waals surface area contributed by atoms with E-state index >= 15 is 0 Å². The molecule has 5 aromatic rings. The second-order valence-corrected chi connectivity index (χ2v) is 7.84. The largest absolute Gasteiger partial charge is 0.396 e. The number of rotatable bonds is 6. The van der Waals surface area contributed by atoms with Crippen molar-refractivity contribution < 1.29 is 5.11 Å². The van der Waals surface area contributed by atoms with Gasteiger partial charge in [-0.05, 0) is 62.2 Å². The van der Waals surface area contributed by atoms with Crippen LogP contribution in [0.4, 0.5) is 11.5 Å². The van der Waals surface area contributed by atoms with Gasteiger partial charge in [0, 0.05) is 18.0 Å². The molecule has 0 aliphatic rings.